The van der Waals surface area contributed by atoms with Crippen LogP contribution in [0.15, 0.2) is 34.9 Å². The van der Waals surface area contributed by atoms with Gasteiger partial charge >= 0.3 is 0 Å². The number of carbonyl (C=O) groups excluding carboxylic acids is 3. The number of aromatic nitrogens is 1. The van der Waals surface area contributed by atoms with E-state index in [1.165, 1.54) is 30.3 Å². The minimum absolute atomic E-state index is 0.00791. The van der Waals surface area contributed by atoms with Gasteiger partial charge in [0.2, 0.25) is 11.8 Å². The van der Waals surface area contributed by atoms with Crippen LogP contribution >= 0.6 is 0 Å². The van der Waals surface area contributed by atoms with Crippen LogP contribution in [0.3, 0.4) is 0 Å². The molecule has 3 amide bonds. The Bertz CT molecular complexity index is 1060. The van der Waals surface area contributed by atoms with Gasteiger partial charge in [-0.05, 0) is 43.9 Å². The van der Waals surface area contributed by atoms with Crippen molar-refractivity contribution in [3.8, 4) is 6.07 Å². The fourth-order valence-electron chi connectivity index (χ4n) is 3.78. The zero-order valence-corrected chi connectivity index (χ0v) is 18.6. The molecule has 180 valence electrons. The number of piperidine rings is 1. The van der Waals surface area contributed by atoms with Gasteiger partial charge in [0.1, 0.15) is 17.6 Å². The van der Waals surface area contributed by atoms with Crippen molar-refractivity contribution in [2.45, 2.75) is 50.8 Å². The van der Waals surface area contributed by atoms with Crippen LogP contribution in [0.25, 0.3) is 0 Å². The SMILES string of the molecule is Cc1cc(C(=O)N[C@@H](Cc2ccc(F)cc2)C(=O)N[C@@H](C[C@@H]2CCCNC2=O)[C@@H](O)C#N)no1. The Balaban J connectivity index is 1.78. The molecule has 1 aromatic heterocycles. The predicted molar refractivity (Wildman–Crippen MR) is 116 cm³/mol. The van der Waals surface area contributed by atoms with Gasteiger partial charge in [0.05, 0.1) is 12.1 Å². The number of benzene rings is 1. The Morgan fingerprint density at radius 2 is 2.09 bits per heavy atom. The largest absolute Gasteiger partial charge is 0.376 e. The van der Waals surface area contributed by atoms with Crippen LogP contribution < -0.4 is 16.0 Å². The molecule has 4 atom stereocenters. The van der Waals surface area contributed by atoms with Crippen LogP contribution in [-0.4, -0.2) is 52.7 Å². The topological polar surface area (TPSA) is 157 Å². The van der Waals surface area contributed by atoms with Crippen molar-refractivity contribution >= 4 is 17.7 Å². The van der Waals surface area contributed by atoms with Gasteiger partial charge in [-0.25, -0.2) is 4.39 Å². The molecule has 10 nitrogen and oxygen atoms in total. The zero-order chi connectivity index (χ0) is 24.7. The first-order valence-corrected chi connectivity index (χ1v) is 10.9. The van der Waals surface area contributed by atoms with Gasteiger partial charge in [0.25, 0.3) is 5.91 Å². The minimum atomic E-state index is -1.56. The maximum atomic E-state index is 13.3. The Morgan fingerprint density at radius 1 is 1.35 bits per heavy atom. The van der Waals surface area contributed by atoms with Gasteiger partial charge in [-0.3, -0.25) is 14.4 Å². The van der Waals surface area contributed by atoms with E-state index < -0.39 is 41.7 Å². The molecular formula is C23H26FN5O5. The summed E-state index contributed by atoms with van der Waals surface area (Å²) >= 11 is 0. The number of aliphatic hydroxyl groups is 1. The monoisotopic (exact) mass is 471 g/mol. The molecular weight excluding hydrogens is 445 g/mol. The van der Waals surface area contributed by atoms with Gasteiger partial charge in [0, 0.05) is 24.9 Å². The summed E-state index contributed by atoms with van der Waals surface area (Å²) < 4.78 is 18.2. The first-order valence-electron chi connectivity index (χ1n) is 10.9. The Hall–Kier alpha value is -3.78. The molecule has 1 aliphatic rings. The molecule has 4 N–H and O–H groups in total. The number of carbonyl (C=O) groups is 3. The number of nitrogens with zero attached hydrogens (tertiary/aromatic N) is 2. The second-order valence-corrected chi connectivity index (χ2v) is 8.23. The van der Waals surface area contributed by atoms with E-state index in [0.29, 0.717) is 24.3 Å². The van der Waals surface area contributed by atoms with Gasteiger partial charge in [-0.1, -0.05) is 17.3 Å². The minimum Gasteiger partial charge on any atom is -0.376 e. The fourth-order valence-corrected chi connectivity index (χ4v) is 3.78. The van der Waals surface area contributed by atoms with Crippen LogP contribution in [0.4, 0.5) is 4.39 Å². The predicted octanol–water partition coefficient (Wildman–Crippen LogP) is 0.749. The highest BCUT2D eigenvalue weighted by atomic mass is 19.1. The lowest BCUT2D eigenvalue weighted by molar-refractivity contribution is -0.129. The van der Waals surface area contributed by atoms with E-state index in [4.69, 9.17) is 4.52 Å². The van der Waals surface area contributed by atoms with E-state index >= 15 is 0 Å². The van der Waals surface area contributed by atoms with Crippen molar-refractivity contribution in [1.82, 2.24) is 21.1 Å². The van der Waals surface area contributed by atoms with E-state index in [2.05, 4.69) is 21.1 Å². The summed E-state index contributed by atoms with van der Waals surface area (Å²) in [6.45, 7) is 2.17. The molecule has 1 aliphatic heterocycles. The van der Waals surface area contributed by atoms with E-state index in [9.17, 15) is 29.1 Å². The lowest BCUT2D eigenvalue weighted by Gasteiger charge is -2.29. The van der Waals surface area contributed by atoms with E-state index in [1.54, 1.807) is 13.0 Å². The zero-order valence-electron chi connectivity index (χ0n) is 18.6. The van der Waals surface area contributed by atoms with Crippen molar-refractivity contribution in [3.63, 3.8) is 0 Å². The van der Waals surface area contributed by atoms with E-state index in [1.807, 2.05) is 0 Å². The Morgan fingerprint density at radius 3 is 2.71 bits per heavy atom. The Labute approximate surface area is 195 Å². The number of halogens is 1. The van der Waals surface area contributed by atoms with Gasteiger partial charge in [0.15, 0.2) is 11.8 Å². The fraction of sp³-hybridized carbons (Fsp3) is 0.435. The number of hydrogen-bond donors (Lipinski definition) is 4. The van der Waals surface area contributed by atoms with Crippen LogP contribution in [0.1, 0.15) is 41.1 Å². The second-order valence-electron chi connectivity index (χ2n) is 8.23. The Kier molecular flexibility index (Phi) is 8.32. The third-order valence-corrected chi connectivity index (χ3v) is 5.61. The number of nitriles is 1. The quantitative estimate of drug-likeness (QED) is 0.393. The molecule has 0 spiro atoms. The van der Waals surface area contributed by atoms with Crippen LogP contribution in [-0.2, 0) is 16.0 Å². The van der Waals surface area contributed by atoms with Gasteiger partial charge < -0.3 is 25.6 Å². The summed E-state index contributed by atoms with van der Waals surface area (Å²) in [4.78, 5) is 37.9. The number of hydrogen-bond acceptors (Lipinski definition) is 7. The summed E-state index contributed by atoms with van der Waals surface area (Å²) in [5, 5.41) is 31.0. The van der Waals surface area contributed by atoms with Crippen molar-refractivity contribution in [1.29, 1.82) is 5.26 Å². The molecule has 1 saturated heterocycles. The molecule has 0 bridgehead atoms. The van der Waals surface area contributed by atoms with Crippen molar-refractivity contribution in [2.75, 3.05) is 6.54 Å². The molecule has 1 aromatic carbocycles. The molecule has 0 saturated carbocycles. The lowest BCUT2D eigenvalue weighted by atomic mass is 9.89. The molecule has 1 fully saturated rings. The third kappa shape index (κ3) is 6.62. The van der Waals surface area contributed by atoms with Crippen molar-refractivity contribution < 1.29 is 28.4 Å². The van der Waals surface area contributed by atoms with E-state index in [0.717, 1.165) is 6.42 Å². The second kappa shape index (κ2) is 11.4. The van der Waals surface area contributed by atoms with Crippen molar-refractivity contribution in [2.24, 2.45) is 5.92 Å². The average Bonchev–Trinajstić information content (AvgIpc) is 3.26. The molecule has 2 heterocycles. The summed E-state index contributed by atoms with van der Waals surface area (Å²) in [7, 11) is 0. The molecule has 0 unspecified atom stereocenters. The summed E-state index contributed by atoms with van der Waals surface area (Å²) in [5.41, 5.74) is 0.545. The summed E-state index contributed by atoms with van der Waals surface area (Å²) in [6, 6.07) is 6.37. The number of amides is 3. The normalized spacial score (nSPS) is 18.2. The highest BCUT2D eigenvalue weighted by Gasteiger charge is 2.32. The molecule has 0 aliphatic carbocycles. The third-order valence-electron chi connectivity index (χ3n) is 5.61. The van der Waals surface area contributed by atoms with Crippen LogP contribution in [0.2, 0.25) is 0 Å². The molecule has 11 heteroatoms. The summed E-state index contributed by atoms with van der Waals surface area (Å²) in [6.07, 6.45) is -0.170. The summed E-state index contributed by atoms with van der Waals surface area (Å²) in [5.74, 6) is -2.04. The lowest BCUT2D eigenvalue weighted by Crippen LogP contribution is -2.54. The van der Waals surface area contributed by atoms with Gasteiger partial charge in [-0.2, -0.15) is 5.26 Å². The molecule has 3 rings (SSSR count). The van der Waals surface area contributed by atoms with E-state index in [-0.39, 0.29) is 24.4 Å². The van der Waals surface area contributed by atoms with Gasteiger partial charge in [-0.15, -0.1) is 0 Å². The highest BCUT2D eigenvalue weighted by Crippen LogP contribution is 2.19. The molecule has 0 radical (unpaired) electrons. The first kappa shape index (κ1) is 24.9. The number of aryl methyl sites for hydroxylation is 1. The molecule has 34 heavy (non-hydrogen) atoms. The average molecular weight is 471 g/mol. The standard InChI is InChI=1S/C23H26FN5O5/c1-13-9-19(29-34-13)23(33)28-18(10-14-4-6-16(24)7-5-14)22(32)27-17(20(30)12-25)11-15-3-2-8-26-21(15)31/h4-7,9,15,17-18,20,30H,2-3,8,10-11H2,1H3,(H,26,31)(H,27,32)(H,28,33)/t15-,17-,18-,20-/m0/s1. The highest BCUT2D eigenvalue weighted by molar-refractivity contribution is 5.96. The maximum Gasteiger partial charge on any atom is 0.274 e. The smallest absolute Gasteiger partial charge is 0.274 e. The van der Waals surface area contributed by atoms with Crippen LogP contribution in [0, 0.1) is 30.0 Å². The maximum absolute atomic E-state index is 13.3. The molecule has 2 aromatic rings. The first-order chi connectivity index (χ1) is 16.3. The number of nitrogens with one attached hydrogen (secondary N) is 3. The van der Waals surface area contributed by atoms with Crippen LogP contribution in [0.5, 0.6) is 0 Å². The number of aliphatic hydroxyl groups excluding tert-OH is 1. The van der Waals surface area contributed by atoms with Crippen molar-refractivity contribution in [3.05, 3.63) is 53.2 Å². The number of rotatable bonds is 9.